The zero-order valence-electron chi connectivity index (χ0n) is 4.93. The van der Waals surface area contributed by atoms with E-state index in [0.29, 0.717) is 5.90 Å². The predicted molar refractivity (Wildman–Crippen MR) is 31.4 cm³/mol. The quantitative estimate of drug-likeness (QED) is 0.495. The molecule has 0 aromatic heterocycles. The molecule has 0 saturated heterocycles. The molecule has 1 atom stereocenters. The molecular weight excluding hydrogens is 104 g/mol. The van der Waals surface area contributed by atoms with Gasteiger partial charge in [-0.15, -0.1) is 0 Å². The highest BCUT2D eigenvalue weighted by Crippen LogP contribution is 2.03. The van der Waals surface area contributed by atoms with Crippen LogP contribution in [-0.4, -0.2) is 17.8 Å². The Kier molecular flexibility index (Phi) is 1.04. The molecule has 44 valence electrons. The molecule has 0 spiro atoms. The zero-order valence-corrected chi connectivity index (χ0v) is 4.93. The lowest BCUT2D eigenvalue weighted by Gasteiger charge is -1.93. The van der Waals surface area contributed by atoms with Gasteiger partial charge < -0.3 is 4.74 Å². The number of hydrogen-bond donors (Lipinski definition) is 1. The lowest BCUT2D eigenvalue weighted by Crippen LogP contribution is -2.08. The van der Waals surface area contributed by atoms with E-state index < -0.39 is 0 Å². The van der Waals surface area contributed by atoms with Gasteiger partial charge >= 0.3 is 0 Å². The van der Waals surface area contributed by atoms with Crippen molar-refractivity contribution in [2.45, 2.75) is 19.9 Å². The molecule has 1 unspecified atom stereocenters. The Morgan fingerprint density at radius 3 is 2.50 bits per heavy atom. The van der Waals surface area contributed by atoms with Gasteiger partial charge in [0.25, 0.3) is 0 Å². The number of hydrogen-bond acceptors (Lipinski definition) is 3. The summed E-state index contributed by atoms with van der Waals surface area (Å²) in [5, 5.41) is 7.05. The minimum absolute atomic E-state index is 0.0602. The second kappa shape index (κ2) is 1.58. The average Bonchev–Trinajstić information content (AvgIpc) is 1.85. The molecule has 0 bridgehead atoms. The first kappa shape index (κ1) is 5.28. The fourth-order valence-electron chi connectivity index (χ4n) is 0.602. The van der Waals surface area contributed by atoms with Crippen LogP contribution in [0.1, 0.15) is 13.8 Å². The molecule has 3 heteroatoms. The van der Waals surface area contributed by atoms with Gasteiger partial charge in [-0.05, 0) is 6.92 Å². The Morgan fingerprint density at radius 2 is 2.38 bits per heavy atom. The molecule has 0 aliphatic carbocycles. The second-order valence-electron chi connectivity index (χ2n) is 1.79. The van der Waals surface area contributed by atoms with Crippen molar-refractivity contribution in [3.05, 3.63) is 0 Å². The van der Waals surface area contributed by atoms with Crippen LogP contribution < -0.4 is 0 Å². The number of rotatable bonds is 0. The van der Waals surface area contributed by atoms with E-state index in [2.05, 4.69) is 4.99 Å². The van der Waals surface area contributed by atoms with E-state index in [-0.39, 0.29) is 11.9 Å². The Bertz CT molecular complexity index is 151. The molecule has 0 amide bonds. The standard InChI is InChI=1S/C5H8N2O/c1-3-5(6)8-4(2)7-3/h3,6H,1-2H3. The smallest absolute Gasteiger partial charge is 0.213 e. The average molecular weight is 112 g/mol. The van der Waals surface area contributed by atoms with Gasteiger partial charge in [-0.1, -0.05) is 0 Å². The summed E-state index contributed by atoms with van der Waals surface area (Å²) < 4.78 is 4.81. The van der Waals surface area contributed by atoms with Gasteiger partial charge in [0, 0.05) is 6.92 Å². The summed E-state index contributed by atoms with van der Waals surface area (Å²) in [4.78, 5) is 3.94. The van der Waals surface area contributed by atoms with Gasteiger partial charge in [0.1, 0.15) is 6.04 Å². The molecule has 1 rings (SSSR count). The van der Waals surface area contributed by atoms with Crippen molar-refractivity contribution in [3.63, 3.8) is 0 Å². The molecule has 0 radical (unpaired) electrons. The van der Waals surface area contributed by atoms with Crippen molar-refractivity contribution in [2.75, 3.05) is 0 Å². The van der Waals surface area contributed by atoms with E-state index in [1.807, 2.05) is 6.92 Å². The Hall–Kier alpha value is -0.860. The van der Waals surface area contributed by atoms with E-state index >= 15 is 0 Å². The summed E-state index contributed by atoms with van der Waals surface area (Å²) in [6.07, 6.45) is 0. The van der Waals surface area contributed by atoms with Gasteiger partial charge in [0.2, 0.25) is 5.90 Å². The van der Waals surface area contributed by atoms with Crippen LogP contribution in [0.2, 0.25) is 0 Å². The van der Waals surface area contributed by atoms with E-state index in [1.165, 1.54) is 0 Å². The Morgan fingerprint density at radius 1 is 1.75 bits per heavy atom. The summed E-state index contributed by atoms with van der Waals surface area (Å²) in [5.74, 6) is 0.852. The third-order valence-corrected chi connectivity index (χ3v) is 1.01. The van der Waals surface area contributed by atoms with Crippen LogP contribution in [0, 0.1) is 5.41 Å². The van der Waals surface area contributed by atoms with Crippen molar-refractivity contribution in [1.82, 2.24) is 0 Å². The SMILES string of the molecule is CC1=NC(C)C(=N)O1. The highest BCUT2D eigenvalue weighted by molar-refractivity contribution is 5.97. The fraction of sp³-hybridized carbons (Fsp3) is 0.600. The van der Waals surface area contributed by atoms with E-state index in [4.69, 9.17) is 10.1 Å². The lowest BCUT2D eigenvalue weighted by atomic mass is 10.4. The summed E-state index contributed by atoms with van der Waals surface area (Å²) in [6.45, 7) is 3.58. The summed E-state index contributed by atoms with van der Waals surface area (Å²) >= 11 is 0. The van der Waals surface area contributed by atoms with Crippen LogP contribution in [0.25, 0.3) is 0 Å². The molecule has 1 aliphatic heterocycles. The van der Waals surface area contributed by atoms with Gasteiger partial charge in [0.05, 0.1) is 0 Å². The van der Waals surface area contributed by atoms with Crippen LogP contribution in [0.5, 0.6) is 0 Å². The molecule has 0 saturated carbocycles. The van der Waals surface area contributed by atoms with Crippen LogP contribution in [0.15, 0.2) is 4.99 Å². The van der Waals surface area contributed by atoms with Crippen molar-refractivity contribution in [1.29, 1.82) is 5.41 Å². The van der Waals surface area contributed by atoms with Crippen molar-refractivity contribution in [3.8, 4) is 0 Å². The largest absolute Gasteiger partial charge is 0.428 e. The fourth-order valence-corrected chi connectivity index (χ4v) is 0.602. The van der Waals surface area contributed by atoms with Crippen molar-refractivity contribution < 1.29 is 4.74 Å². The molecule has 8 heavy (non-hydrogen) atoms. The van der Waals surface area contributed by atoms with E-state index in [0.717, 1.165) is 0 Å². The summed E-state index contributed by atoms with van der Waals surface area (Å²) in [7, 11) is 0. The molecule has 0 aromatic carbocycles. The van der Waals surface area contributed by atoms with Crippen LogP contribution in [0.4, 0.5) is 0 Å². The number of ether oxygens (including phenoxy) is 1. The molecule has 1 heterocycles. The monoisotopic (exact) mass is 112 g/mol. The highest BCUT2D eigenvalue weighted by atomic mass is 16.5. The van der Waals surface area contributed by atoms with Crippen molar-refractivity contribution >= 4 is 11.8 Å². The highest BCUT2D eigenvalue weighted by Gasteiger charge is 2.16. The maximum absolute atomic E-state index is 7.05. The van der Waals surface area contributed by atoms with Crippen LogP contribution >= 0.6 is 0 Å². The molecule has 0 fully saturated rings. The predicted octanol–water partition coefficient (Wildman–Crippen LogP) is 0.801. The van der Waals surface area contributed by atoms with Gasteiger partial charge in [-0.25, -0.2) is 4.99 Å². The maximum atomic E-state index is 7.05. The third-order valence-electron chi connectivity index (χ3n) is 1.01. The van der Waals surface area contributed by atoms with Gasteiger partial charge in [0.15, 0.2) is 5.90 Å². The number of nitrogens with one attached hydrogen (secondary N) is 1. The van der Waals surface area contributed by atoms with E-state index in [1.54, 1.807) is 6.92 Å². The third kappa shape index (κ3) is 0.710. The zero-order chi connectivity index (χ0) is 6.15. The summed E-state index contributed by atoms with van der Waals surface area (Å²) in [5.41, 5.74) is 0. The lowest BCUT2D eigenvalue weighted by molar-refractivity contribution is 0.543. The van der Waals surface area contributed by atoms with E-state index in [9.17, 15) is 0 Å². The minimum Gasteiger partial charge on any atom is -0.428 e. The van der Waals surface area contributed by atoms with Crippen molar-refractivity contribution in [2.24, 2.45) is 4.99 Å². The molecule has 1 aliphatic rings. The topological polar surface area (TPSA) is 45.4 Å². The Balaban J connectivity index is 2.69. The Labute approximate surface area is 47.9 Å². The van der Waals surface area contributed by atoms with Crippen LogP contribution in [-0.2, 0) is 4.74 Å². The number of nitrogens with zero attached hydrogens (tertiary/aromatic N) is 1. The maximum Gasteiger partial charge on any atom is 0.213 e. The molecular formula is C5H8N2O. The summed E-state index contributed by atoms with van der Waals surface area (Å²) in [6, 6.07) is -0.0602. The number of aliphatic imine (C=N–C) groups is 1. The van der Waals surface area contributed by atoms with Gasteiger partial charge in [-0.3, -0.25) is 5.41 Å². The molecule has 3 nitrogen and oxygen atoms in total. The first-order valence-corrected chi connectivity index (χ1v) is 2.51. The van der Waals surface area contributed by atoms with Gasteiger partial charge in [-0.2, -0.15) is 0 Å². The second-order valence-corrected chi connectivity index (χ2v) is 1.79. The molecule has 1 N–H and O–H groups in total. The molecule has 0 aromatic rings. The first-order chi connectivity index (χ1) is 3.70. The van der Waals surface area contributed by atoms with Crippen LogP contribution in [0.3, 0.4) is 0 Å². The minimum atomic E-state index is -0.0602. The first-order valence-electron chi connectivity index (χ1n) is 2.51. The normalized spacial score (nSPS) is 27.5.